The summed E-state index contributed by atoms with van der Waals surface area (Å²) >= 11 is 0. The highest BCUT2D eigenvalue weighted by molar-refractivity contribution is 4.82. The average Bonchev–Trinajstić information content (AvgIpc) is 2.16. The smallest absolute Gasteiger partial charge is 0.0241 e. The Kier molecular flexibility index (Phi) is 6.28. The maximum Gasteiger partial charge on any atom is 0.0241 e. The van der Waals surface area contributed by atoms with Crippen LogP contribution in [-0.4, -0.2) is 51.9 Å². The highest BCUT2D eigenvalue weighted by Gasteiger charge is 2.23. The Bertz CT molecular complexity index is 164. The van der Waals surface area contributed by atoms with Gasteiger partial charge in [-0.1, -0.05) is 20.8 Å². The first-order chi connectivity index (χ1) is 7.61. The van der Waals surface area contributed by atoms with E-state index in [1.807, 2.05) is 0 Å². The fourth-order valence-electron chi connectivity index (χ4n) is 1.87. The first-order valence-corrected chi connectivity index (χ1v) is 6.46. The van der Waals surface area contributed by atoms with Crippen molar-refractivity contribution in [3.05, 3.63) is 0 Å². The Hall–Kier alpha value is -0.160. The molecule has 0 amide bonds. The minimum absolute atomic E-state index is 0.310. The predicted molar refractivity (Wildman–Crippen MR) is 69.9 cm³/mol. The van der Waals surface area contributed by atoms with Crippen LogP contribution in [0, 0.1) is 5.41 Å². The Morgan fingerprint density at radius 1 is 0.750 bits per heavy atom. The lowest BCUT2D eigenvalue weighted by molar-refractivity contribution is 0.259. The van der Waals surface area contributed by atoms with Crippen LogP contribution in [0.5, 0.6) is 0 Å². The molecule has 0 bridgehead atoms. The molecule has 4 heteroatoms. The van der Waals surface area contributed by atoms with Crippen LogP contribution >= 0.6 is 0 Å². The van der Waals surface area contributed by atoms with Gasteiger partial charge < -0.3 is 21.3 Å². The van der Waals surface area contributed by atoms with Gasteiger partial charge in [0.1, 0.15) is 0 Å². The molecule has 1 rings (SSSR count). The summed E-state index contributed by atoms with van der Waals surface area (Å²) < 4.78 is 0. The molecule has 1 aliphatic heterocycles. The van der Waals surface area contributed by atoms with E-state index in [1.54, 1.807) is 0 Å². The van der Waals surface area contributed by atoms with E-state index in [1.165, 1.54) is 0 Å². The first-order valence-electron chi connectivity index (χ1n) is 6.46. The lowest BCUT2D eigenvalue weighted by Gasteiger charge is -2.32. The molecule has 0 aromatic rings. The first kappa shape index (κ1) is 13.9. The van der Waals surface area contributed by atoms with Gasteiger partial charge in [-0.25, -0.2) is 0 Å². The number of rotatable bonds is 0. The summed E-state index contributed by atoms with van der Waals surface area (Å²) in [6, 6.07) is 0.536. The van der Waals surface area contributed by atoms with Gasteiger partial charge in [0.25, 0.3) is 0 Å². The van der Waals surface area contributed by atoms with Crippen LogP contribution in [0.3, 0.4) is 0 Å². The minimum atomic E-state index is 0.310. The minimum Gasteiger partial charge on any atom is -0.314 e. The lowest BCUT2D eigenvalue weighted by atomic mass is 9.86. The maximum absolute atomic E-state index is 3.63. The summed E-state index contributed by atoms with van der Waals surface area (Å²) in [5.74, 6) is 0. The summed E-state index contributed by atoms with van der Waals surface area (Å²) in [4.78, 5) is 0. The molecule has 0 radical (unpaired) electrons. The van der Waals surface area contributed by atoms with Crippen molar-refractivity contribution in [2.75, 3.05) is 45.8 Å². The van der Waals surface area contributed by atoms with E-state index >= 15 is 0 Å². The van der Waals surface area contributed by atoms with E-state index in [0.29, 0.717) is 11.5 Å². The number of hydrogen-bond donors (Lipinski definition) is 4. The predicted octanol–water partition coefficient (Wildman–Crippen LogP) is -0.227. The standard InChI is InChI=1S/C12H28N4/c1-12(2,3)11-10-15-7-6-13-4-5-14-8-9-16-11/h11,13-16H,4-10H2,1-3H3. The average molecular weight is 228 g/mol. The Balaban J connectivity index is 2.36. The molecule has 0 aromatic heterocycles. The third kappa shape index (κ3) is 5.80. The molecular formula is C12H28N4. The summed E-state index contributed by atoms with van der Waals surface area (Å²) in [6.07, 6.45) is 0. The van der Waals surface area contributed by atoms with Crippen LogP contribution in [0.4, 0.5) is 0 Å². The SMILES string of the molecule is CC(C)(C)C1CNCCNCCNCCN1. The molecule has 16 heavy (non-hydrogen) atoms. The summed E-state index contributed by atoms with van der Waals surface area (Å²) in [6.45, 7) is 14.2. The van der Waals surface area contributed by atoms with Gasteiger partial charge in [0.05, 0.1) is 0 Å². The van der Waals surface area contributed by atoms with Crippen molar-refractivity contribution < 1.29 is 0 Å². The zero-order chi connectivity index (χ0) is 11.9. The number of hydrogen-bond acceptors (Lipinski definition) is 4. The largest absolute Gasteiger partial charge is 0.314 e. The molecule has 0 aliphatic carbocycles. The van der Waals surface area contributed by atoms with Crippen molar-refractivity contribution in [2.45, 2.75) is 26.8 Å². The second kappa shape index (κ2) is 7.22. The van der Waals surface area contributed by atoms with Crippen molar-refractivity contribution in [3.8, 4) is 0 Å². The molecule has 0 spiro atoms. The van der Waals surface area contributed by atoms with E-state index in [4.69, 9.17) is 0 Å². The van der Waals surface area contributed by atoms with E-state index in [9.17, 15) is 0 Å². The molecular weight excluding hydrogens is 200 g/mol. The quantitative estimate of drug-likeness (QED) is 0.463. The molecule has 1 saturated heterocycles. The zero-order valence-electron chi connectivity index (χ0n) is 11.0. The molecule has 1 atom stereocenters. The van der Waals surface area contributed by atoms with Crippen molar-refractivity contribution in [1.29, 1.82) is 0 Å². The topological polar surface area (TPSA) is 48.1 Å². The van der Waals surface area contributed by atoms with Gasteiger partial charge >= 0.3 is 0 Å². The normalized spacial score (nSPS) is 26.8. The van der Waals surface area contributed by atoms with E-state index in [-0.39, 0.29) is 0 Å². The van der Waals surface area contributed by atoms with E-state index in [2.05, 4.69) is 42.0 Å². The van der Waals surface area contributed by atoms with Crippen LogP contribution in [0.2, 0.25) is 0 Å². The zero-order valence-corrected chi connectivity index (χ0v) is 11.0. The Labute approximate surface area is 99.9 Å². The molecule has 1 unspecified atom stereocenters. The fourth-order valence-corrected chi connectivity index (χ4v) is 1.87. The van der Waals surface area contributed by atoms with Crippen molar-refractivity contribution in [1.82, 2.24) is 21.3 Å². The lowest BCUT2D eigenvalue weighted by Crippen LogP contribution is -2.50. The highest BCUT2D eigenvalue weighted by atomic mass is 15.0. The second-order valence-corrected chi connectivity index (χ2v) is 5.58. The van der Waals surface area contributed by atoms with E-state index in [0.717, 1.165) is 45.8 Å². The number of nitrogens with one attached hydrogen (secondary N) is 4. The molecule has 1 aliphatic rings. The Morgan fingerprint density at radius 2 is 1.25 bits per heavy atom. The molecule has 0 aromatic carbocycles. The Morgan fingerprint density at radius 3 is 1.81 bits per heavy atom. The third-order valence-corrected chi connectivity index (χ3v) is 3.04. The van der Waals surface area contributed by atoms with E-state index < -0.39 is 0 Å². The van der Waals surface area contributed by atoms with Crippen LogP contribution in [0.15, 0.2) is 0 Å². The van der Waals surface area contributed by atoms with Crippen LogP contribution in [0.25, 0.3) is 0 Å². The molecule has 1 fully saturated rings. The monoisotopic (exact) mass is 228 g/mol. The molecule has 4 N–H and O–H groups in total. The molecule has 1 heterocycles. The van der Waals surface area contributed by atoms with Gasteiger partial charge in [-0.05, 0) is 5.41 Å². The molecule has 0 saturated carbocycles. The maximum atomic E-state index is 3.63. The second-order valence-electron chi connectivity index (χ2n) is 5.58. The third-order valence-electron chi connectivity index (χ3n) is 3.04. The van der Waals surface area contributed by atoms with Gasteiger partial charge in [0.2, 0.25) is 0 Å². The van der Waals surface area contributed by atoms with Crippen molar-refractivity contribution in [3.63, 3.8) is 0 Å². The summed E-state index contributed by atoms with van der Waals surface area (Å²) in [5.41, 5.74) is 0.310. The highest BCUT2D eigenvalue weighted by Crippen LogP contribution is 2.18. The van der Waals surface area contributed by atoms with Gasteiger partial charge in [-0.2, -0.15) is 0 Å². The van der Waals surface area contributed by atoms with Gasteiger partial charge in [0, 0.05) is 51.9 Å². The fraction of sp³-hybridized carbons (Fsp3) is 1.00. The summed E-state index contributed by atoms with van der Waals surface area (Å²) in [5, 5.41) is 14.0. The molecule has 96 valence electrons. The van der Waals surface area contributed by atoms with Crippen LogP contribution in [0.1, 0.15) is 20.8 Å². The van der Waals surface area contributed by atoms with Gasteiger partial charge in [-0.15, -0.1) is 0 Å². The summed E-state index contributed by atoms with van der Waals surface area (Å²) in [7, 11) is 0. The van der Waals surface area contributed by atoms with Crippen molar-refractivity contribution >= 4 is 0 Å². The van der Waals surface area contributed by atoms with Crippen molar-refractivity contribution in [2.24, 2.45) is 5.41 Å². The van der Waals surface area contributed by atoms with Crippen LogP contribution < -0.4 is 21.3 Å². The molecule has 4 nitrogen and oxygen atoms in total. The van der Waals surface area contributed by atoms with Crippen LogP contribution in [-0.2, 0) is 0 Å². The van der Waals surface area contributed by atoms with Gasteiger partial charge in [0.15, 0.2) is 0 Å². The van der Waals surface area contributed by atoms with Gasteiger partial charge in [-0.3, -0.25) is 0 Å².